The predicted molar refractivity (Wildman–Crippen MR) is 181 cm³/mol. The number of benzene rings is 2. The van der Waals surface area contributed by atoms with Crippen molar-refractivity contribution in [2.24, 2.45) is 9.98 Å². The minimum atomic E-state index is -0.325. The lowest BCUT2D eigenvalue weighted by Gasteiger charge is -2.26. The van der Waals surface area contributed by atoms with Crippen LogP contribution < -0.4 is 25.0 Å². The van der Waals surface area contributed by atoms with Crippen molar-refractivity contribution < 1.29 is 19.0 Å². The van der Waals surface area contributed by atoms with Crippen LogP contribution in [-0.4, -0.2) is 88.7 Å². The van der Waals surface area contributed by atoms with E-state index in [4.69, 9.17) is 19.2 Å². The van der Waals surface area contributed by atoms with Gasteiger partial charge >= 0.3 is 0 Å². The van der Waals surface area contributed by atoms with Gasteiger partial charge in [0.15, 0.2) is 0 Å². The summed E-state index contributed by atoms with van der Waals surface area (Å²) in [5, 5.41) is 7.12. The van der Waals surface area contributed by atoms with E-state index in [1.165, 1.54) is 6.08 Å². The van der Waals surface area contributed by atoms with Gasteiger partial charge in [-0.2, -0.15) is 4.99 Å². The number of carbonyl (C=O) groups excluding carboxylic acids is 1. The van der Waals surface area contributed by atoms with Gasteiger partial charge < -0.3 is 39.2 Å². The molecule has 2 heterocycles. The Morgan fingerprint density at radius 2 is 1.98 bits per heavy atom. The highest BCUT2D eigenvalue weighted by molar-refractivity contribution is 6.04. The first kappa shape index (κ1) is 32.3. The van der Waals surface area contributed by atoms with Gasteiger partial charge in [-0.25, -0.2) is 4.99 Å². The number of amides is 1. The van der Waals surface area contributed by atoms with E-state index in [0.717, 1.165) is 54.9 Å². The molecular weight excluding hydrogens is 558 g/mol. The molecule has 1 aliphatic rings. The second kappa shape index (κ2) is 15.2. The summed E-state index contributed by atoms with van der Waals surface area (Å²) in [6.07, 6.45) is 7.29. The van der Waals surface area contributed by atoms with Crippen molar-refractivity contribution in [2.45, 2.75) is 25.9 Å². The second-order valence-electron chi connectivity index (χ2n) is 10.7. The maximum Gasteiger partial charge on any atom is 0.247 e. The van der Waals surface area contributed by atoms with Crippen molar-refractivity contribution in [1.82, 2.24) is 9.47 Å². The average Bonchev–Trinajstić information content (AvgIpc) is 3.71. The molecule has 1 unspecified atom stereocenters. The first-order chi connectivity index (χ1) is 21.3. The Kier molecular flexibility index (Phi) is 11.2. The van der Waals surface area contributed by atoms with E-state index in [0.29, 0.717) is 29.6 Å². The van der Waals surface area contributed by atoms with Gasteiger partial charge in [0, 0.05) is 44.4 Å². The minimum Gasteiger partial charge on any atom is -0.494 e. The van der Waals surface area contributed by atoms with E-state index in [1.54, 1.807) is 13.2 Å². The van der Waals surface area contributed by atoms with Crippen molar-refractivity contribution in [2.75, 3.05) is 70.1 Å². The summed E-state index contributed by atoms with van der Waals surface area (Å²) in [7, 11) is 7.58. The van der Waals surface area contributed by atoms with Gasteiger partial charge in [-0.05, 0) is 77.0 Å². The van der Waals surface area contributed by atoms with E-state index in [2.05, 4.69) is 38.7 Å². The monoisotopic (exact) mass is 601 g/mol. The number of hydrogen-bond acceptors (Lipinski definition) is 7. The molecule has 1 amide bonds. The second-order valence-corrected chi connectivity index (χ2v) is 10.7. The Labute approximate surface area is 259 Å². The van der Waals surface area contributed by atoms with E-state index in [9.17, 15) is 4.79 Å². The fourth-order valence-corrected chi connectivity index (χ4v) is 4.92. The van der Waals surface area contributed by atoms with Crippen LogP contribution >= 0.6 is 0 Å². The van der Waals surface area contributed by atoms with Gasteiger partial charge in [0.1, 0.15) is 23.9 Å². The van der Waals surface area contributed by atoms with Gasteiger partial charge in [0.25, 0.3) is 0 Å². The number of guanidine groups is 1. The van der Waals surface area contributed by atoms with Crippen LogP contribution in [0.2, 0.25) is 0 Å². The summed E-state index contributed by atoms with van der Waals surface area (Å²) < 4.78 is 19.6. The normalized spacial score (nSPS) is 15.4. The highest BCUT2D eigenvalue weighted by atomic mass is 16.5. The molecular formula is C33H43N7O4. The van der Waals surface area contributed by atoms with Gasteiger partial charge in [-0.15, -0.1) is 0 Å². The summed E-state index contributed by atoms with van der Waals surface area (Å²) >= 11 is 0. The number of aromatic nitrogens is 1. The summed E-state index contributed by atoms with van der Waals surface area (Å²) in [5.41, 5.74) is 2.87. The van der Waals surface area contributed by atoms with Crippen LogP contribution in [0.3, 0.4) is 0 Å². The van der Waals surface area contributed by atoms with Gasteiger partial charge in [-0.3, -0.25) is 4.79 Å². The Morgan fingerprint density at radius 1 is 1.16 bits per heavy atom. The predicted octanol–water partition coefficient (Wildman–Crippen LogP) is 5.32. The standard InChI is InChI=1S/C33H43N7O4/c1-8-31(40-16-15-24-27(40)13-10-14-29(24)44-22-23-12-11-19-43-23)37-33(34-3)36-26-20-25(35-32(41)9-2)28(21-30(26)42-7)39(6)18-17-38(4)5/h8-10,13-16,20-21,23H,2-3,11-12,17-19,22H2,1,4-7H3,(H,35,41)(H,36,37)/b31-8+. The molecule has 1 atom stereocenters. The number of fused-ring (bicyclic) bond motifs is 1. The summed E-state index contributed by atoms with van der Waals surface area (Å²) in [4.78, 5) is 25.4. The lowest BCUT2D eigenvalue weighted by molar-refractivity contribution is -0.111. The molecule has 3 aromatic rings. The molecule has 4 rings (SSSR count). The van der Waals surface area contributed by atoms with Crippen LogP contribution in [0.15, 0.2) is 71.3 Å². The molecule has 234 valence electrons. The Morgan fingerprint density at radius 3 is 2.64 bits per heavy atom. The van der Waals surface area contributed by atoms with Crippen LogP contribution in [-0.2, 0) is 9.53 Å². The molecule has 1 saturated heterocycles. The molecule has 0 saturated carbocycles. The number of hydrogen-bond donors (Lipinski definition) is 2. The largest absolute Gasteiger partial charge is 0.494 e. The van der Waals surface area contributed by atoms with Crippen molar-refractivity contribution in [3.05, 3.63) is 61.3 Å². The van der Waals surface area contributed by atoms with Crippen molar-refractivity contribution in [3.63, 3.8) is 0 Å². The smallest absolute Gasteiger partial charge is 0.247 e. The summed E-state index contributed by atoms with van der Waals surface area (Å²) in [6.45, 7) is 12.1. The van der Waals surface area contributed by atoms with E-state index < -0.39 is 0 Å². The summed E-state index contributed by atoms with van der Waals surface area (Å²) in [6, 6.07) is 11.6. The molecule has 1 fully saturated rings. The molecule has 11 heteroatoms. The Hall–Kier alpha value is -4.61. The fourth-order valence-electron chi connectivity index (χ4n) is 4.92. The first-order valence-corrected chi connectivity index (χ1v) is 14.6. The first-order valence-electron chi connectivity index (χ1n) is 14.6. The highest BCUT2D eigenvalue weighted by Gasteiger charge is 2.19. The zero-order valence-electron chi connectivity index (χ0n) is 26.3. The van der Waals surface area contributed by atoms with Crippen molar-refractivity contribution in [1.29, 1.82) is 0 Å². The molecule has 2 N–H and O–H groups in total. The Balaban J connectivity index is 1.64. The maximum absolute atomic E-state index is 12.3. The third-order valence-electron chi connectivity index (χ3n) is 7.32. The van der Waals surface area contributed by atoms with Gasteiger partial charge in [0.2, 0.25) is 11.9 Å². The molecule has 2 aromatic carbocycles. The molecule has 1 aliphatic heterocycles. The third kappa shape index (κ3) is 7.86. The summed E-state index contributed by atoms with van der Waals surface area (Å²) in [5.74, 6) is 1.90. The quantitative estimate of drug-likeness (QED) is 0.155. The van der Waals surface area contributed by atoms with Gasteiger partial charge in [0.05, 0.1) is 35.8 Å². The third-order valence-corrected chi connectivity index (χ3v) is 7.32. The van der Waals surface area contributed by atoms with Crippen LogP contribution in [0, 0.1) is 0 Å². The number of ether oxygens (including phenoxy) is 3. The lowest BCUT2D eigenvalue weighted by atomic mass is 10.2. The number of carbonyl (C=O) groups is 1. The Bertz CT molecular complexity index is 1540. The lowest BCUT2D eigenvalue weighted by Crippen LogP contribution is -2.29. The van der Waals surface area contributed by atoms with E-state index in [1.807, 2.05) is 75.2 Å². The van der Waals surface area contributed by atoms with Crippen LogP contribution in [0.1, 0.15) is 19.8 Å². The topological polar surface area (TPSA) is 105 Å². The average molecular weight is 602 g/mol. The zero-order chi connectivity index (χ0) is 31.6. The van der Waals surface area contributed by atoms with Crippen LogP contribution in [0.4, 0.5) is 17.1 Å². The van der Waals surface area contributed by atoms with Crippen LogP contribution in [0.25, 0.3) is 16.7 Å². The fraction of sp³-hybridized carbons (Fsp3) is 0.364. The molecule has 11 nitrogen and oxygen atoms in total. The van der Waals surface area contributed by atoms with E-state index in [-0.39, 0.29) is 18.0 Å². The number of nitrogens with one attached hydrogen (secondary N) is 2. The number of nitrogens with zero attached hydrogens (tertiary/aromatic N) is 5. The van der Waals surface area contributed by atoms with Crippen molar-refractivity contribution in [3.8, 4) is 11.5 Å². The highest BCUT2D eigenvalue weighted by Crippen LogP contribution is 2.37. The minimum absolute atomic E-state index is 0.130. The maximum atomic E-state index is 12.3. The van der Waals surface area contributed by atoms with Crippen molar-refractivity contribution >= 4 is 52.4 Å². The number of allylic oxidation sites excluding steroid dienone is 1. The molecule has 1 aromatic heterocycles. The molecule has 0 spiro atoms. The zero-order valence-corrected chi connectivity index (χ0v) is 26.3. The SMILES string of the molecule is C=CC(=O)Nc1cc(NC(N=C)=N/C(=C\C)n2ccc3c(OCC4CCCO4)cccc32)c(OC)cc1N(C)CCN(C)C. The molecule has 0 aliphatic carbocycles. The van der Waals surface area contributed by atoms with Gasteiger partial charge in [-0.1, -0.05) is 12.6 Å². The molecule has 44 heavy (non-hydrogen) atoms. The molecule has 0 bridgehead atoms. The number of anilines is 3. The van der Waals surface area contributed by atoms with Crippen LogP contribution in [0.5, 0.6) is 11.5 Å². The number of likely N-dealkylation sites (N-methyl/N-ethyl adjacent to an activating group) is 2. The molecule has 0 radical (unpaired) electrons. The number of aliphatic imine (C=N–C) groups is 2. The number of methoxy groups -OCH3 is 1. The number of rotatable bonds is 13. The van der Waals surface area contributed by atoms with E-state index >= 15 is 0 Å².